The molecule has 29 heavy (non-hydrogen) atoms. The lowest BCUT2D eigenvalue weighted by atomic mass is 9.75. The zero-order valence-electron chi connectivity index (χ0n) is 16.0. The normalized spacial score (nSPS) is 19.1. The van der Waals surface area contributed by atoms with E-state index in [1.807, 2.05) is 24.3 Å². The van der Waals surface area contributed by atoms with Gasteiger partial charge in [0.1, 0.15) is 17.4 Å². The summed E-state index contributed by atoms with van der Waals surface area (Å²) in [4.78, 5) is 14.8. The minimum atomic E-state index is -0.585. The average Bonchev–Trinajstić information content (AvgIpc) is 2.74. The Morgan fingerprint density at radius 3 is 2.45 bits per heavy atom. The second-order valence-corrected chi connectivity index (χ2v) is 7.07. The number of allylic oxidation sites excluding steroid dienone is 3. The molecule has 146 valence electrons. The van der Waals surface area contributed by atoms with Gasteiger partial charge in [-0.1, -0.05) is 12.1 Å². The fraction of sp³-hybridized carbons (Fsp3) is 0.217. The smallest absolute Gasteiger partial charge is 0.161 e. The maximum atomic E-state index is 13.5. The highest BCUT2D eigenvalue weighted by Crippen LogP contribution is 2.46. The predicted molar refractivity (Wildman–Crippen MR) is 107 cm³/mol. The van der Waals surface area contributed by atoms with Crippen LogP contribution in [0.15, 0.2) is 71.2 Å². The number of nitrogens with zero attached hydrogens (tertiary/aromatic N) is 2. The lowest BCUT2D eigenvalue weighted by molar-refractivity contribution is -0.116. The molecular weight excluding hydrogens is 369 g/mol. The number of rotatable bonds is 3. The SMILES string of the molecule is COc1ccc(N2C(N)=C(C#N)[C@H](c3ccc(F)cc3)C3=C2CCCC3=O)cc1. The summed E-state index contributed by atoms with van der Waals surface area (Å²) in [6.07, 6.45) is 1.81. The van der Waals surface area contributed by atoms with Crippen molar-refractivity contribution in [3.63, 3.8) is 0 Å². The van der Waals surface area contributed by atoms with E-state index in [0.29, 0.717) is 41.1 Å². The largest absolute Gasteiger partial charge is 0.497 e. The Hall–Kier alpha value is -3.59. The van der Waals surface area contributed by atoms with Crippen molar-refractivity contribution in [3.8, 4) is 11.8 Å². The van der Waals surface area contributed by atoms with Gasteiger partial charge in [-0.15, -0.1) is 0 Å². The number of anilines is 1. The first-order valence-corrected chi connectivity index (χ1v) is 9.40. The molecule has 0 amide bonds. The topological polar surface area (TPSA) is 79.3 Å². The summed E-state index contributed by atoms with van der Waals surface area (Å²) < 4.78 is 18.7. The van der Waals surface area contributed by atoms with E-state index in [1.165, 1.54) is 12.1 Å². The molecule has 0 saturated carbocycles. The minimum Gasteiger partial charge on any atom is -0.497 e. The molecule has 1 aliphatic carbocycles. The highest BCUT2D eigenvalue weighted by atomic mass is 19.1. The molecule has 0 unspecified atom stereocenters. The van der Waals surface area contributed by atoms with Gasteiger partial charge < -0.3 is 10.5 Å². The fourth-order valence-corrected chi connectivity index (χ4v) is 4.10. The van der Waals surface area contributed by atoms with Crippen LogP contribution < -0.4 is 15.4 Å². The Labute approximate surface area is 168 Å². The van der Waals surface area contributed by atoms with Gasteiger partial charge in [0.2, 0.25) is 0 Å². The monoisotopic (exact) mass is 389 g/mol. The second kappa shape index (κ2) is 7.44. The summed E-state index contributed by atoms with van der Waals surface area (Å²) in [5, 5.41) is 9.93. The molecule has 2 aromatic rings. The van der Waals surface area contributed by atoms with Gasteiger partial charge in [-0.05, 0) is 54.8 Å². The Balaban J connectivity index is 1.92. The van der Waals surface area contributed by atoms with E-state index in [2.05, 4.69) is 6.07 Å². The number of ketones is 1. The van der Waals surface area contributed by atoms with Crippen molar-refractivity contribution in [3.05, 3.63) is 82.6 Å². The molecule has 1 aliphatic heterocycles. The van der Waals surface area contributed by atoms with Crippen molar-refractivity contribution in [2.75, 3.05) is 12.0 Å². The van der Waals surface area contributed by atoms with Crippen molar-refractivity contribution in [1.29, 1.82) is 5.26 Å². The van der Waals surface area contributed by atoms with E-state index >= 15 is 0 Å². The lowest BCUT2D eigenvalue weighted by Crippen LogP contribution is -2.38. The summed E-state index contributed by atoms with van der Waals surface area (Å²) in [6, 6.07) is 15.4. The summed E-state index contributed by atoms with van der Waals surface area (Å²) >= 11 is 0. The van der Waals surface area contributed by atoms with Crippen LogP contribution >= 0.6 is 0 Å². The maximum Gasteiger partial charge on any atom is 0.161 e. The molecule has 1 atom stereocenters. The van der Waals surface area contributed by atoms with E-state index in [0.717, 1.165) is 17.8 Å². The number of methoxy groups -OCH3 is 1. The number of carbonyl (C=O) groups is 1. The number of Topliss-reactive ketones (excluding diaryl/α,β-unsaturated/α-hetero) is 1. The molecule has 0 aromatic heterocycles. The number of nitrogens with two attached hydrogens (primary N) is 1. The molecule has 2 N–H and O–H groups in total. The number of carbonyl (C=O) groups excluding carboxylic acids is 1. The molecule has 0 fully saturated rings. The van der Waals surface area contributed by atoms with E-state index < -0.39 is 5.92 Å². The van der Waals surface area contributed by atoms with Crippen LogP contribution in [0.2, 0.25) is 0 Å². The van der Waals surface area contributed by atoms with Gasteiger partial charge in [-0.2, -0.15) is 5.26 Å². The molecule has 0 spiro atoms. The predicted octanol–water partition coefficient (Wildman–Crippen LogP) is 4.14. The standard InChI is InChI=1S/C23H20FN3O2/c1-29-17-11-9-16(10-12-17)27-19-3-2-4-20(28)22(19)21(18(13-25)23(27)26)14-5-7-15(24)8-6-14/h5-12,21H,2-4,26H2,1H3/t21-/m0/s1. The van der Waals surface area contributed by atoms with Crippen molar-refractivity contribution in [2.24, 2.45) is 5.73 Å². The first-order chi connectivity index (χ1) is 14.0. The molecule has 0 bridgehead atoms. The van der Waals surface area contributed by atoms with Crippen molar-refractivity contribution in [1.82, 2.24) is 0 Å². The van der Waals surface area contributed by atoms with Crippen molar-refractivity contribution >= 4 is 11.5 Å². The van der Waals surface area contributed by atoms with Crippen LogP contribution in [0.1, 0.15) is 30.7 Å². The van der Waals surface area contributed by atoms with Gasteiger partial charge in [-0.3, -0.25) is 9.69 Å². The van der Waals surface area contributed by atoms with Crippen LogP contribution in [0.5, 0.6) is 5.75 Å². The third-order valence-corrected chi connectivity index (χ3v) is 5.45. The summed E-state index contributed by atoms with van der Waals surface area (Å²) in [7, 11) is 1.59. The molecule has 0 radical (unpaired) electrons. The molecule has 2 aliphatic rings. The third-order valence-electron chi connectivity index (χ3n) is 5.45. The van der Waals surface area contributed by atoms with Crippen LogP contribution in [-0.4, -0.2) is 12.9 Å². The average molecular weight is 389 g/mol. The molecular formula is C23H20FN3O2. The second-order valence-electron chi connectivity index (χ2n) is 7.07. The number of benzene rings is 2. The van der Waals surface area contributed by atoms with E-state index in [4.69, 9.17) is 10.5 Å². The zero-order valence-corrected chi connectivity index (χ0v) is 16.0. The van der Waals surface area contributed by atoms with Crippen LogP contribution in [0.4, 0.5) is 10.1 Å². The van der Waals surface area contributed by atoms with Crippen molar-refractivity contribution in [2.45, 2.75) is 25.2 Å². The van der Waals surface area contributed by atoms with E-state index in [-0.39, 0.29) is 11.6 Å². The number of hydrogen-bond acceptors (Lipinski definition) is 5. The number of halogens is 1. The molecule has 5 nitrogen and oxygen atoms in total. The molecule has 6 heteroatoms. The first-order valence-electron chi connectivity index (χ1n) is 9.40. The number of hydrogen-bond donors (Lipinski definition) is 1. The first kappa shape index (κ1) is 18.8. The Morgan fingerprint density at radius 1 is 1.14 bits per heavy atom. The quantitative estimate of drug-likeness (QED) is 0.853. The molecule has 2 aromatic carbocycles. The van der Waals surface area contributed by atoms with Gasteiger partial charge in [0.25, 0.3) is 0 Å². The van der Waals surface area contributed by atoms with Crippen LogP contribution in [-0.2, 0) is 4.79 Å². The highest BCUT2D eigenvalue weighted by molar-refractivity contribution is 6.01. The zero-order chi connectivity index (χ0) is 20.5. The Morgan fingerprint density at radius 2 is 1.83 bits per heavy atom. The van der Waals surface area contributed by atoms with Gasteiger partial charge in [0.05, 0.1) is 24.7 Å². The molecule has 4 rings (SSSR count). The fourth-order valence-electron chi connectivity index (χ4n) is 4.10. The highest BCUT2D eigenvalue weighted by Gasteiger charge is 2.40. The summed E-state index contributed by atoms with van der Waals surface area (Å²) in [5.41, 5.74) is 9.59. The maximum absolute atomic E-state index is 13.5. The molecule has 1 heterocycles. The van der Waals surface area contributed by atoms with Crippen LogP contribution in [0.3, 0.4) is 0 Å². The van der Waals surface area contributed by atoms with Gasteiger partial charge >= 0.3 is 0 Å². The van der Waals surface area contributed by atoms with E-state index in [9.17, 15) is 14.4 Å². The molecule has 0 saturated heterocycles. The van der Waals surface area contributed by atoms with Crippen LogP contribution in [0, 0.1) is 17.1 Å². The summed E-state index contributed by atoms with van der Waals surface area (Å²) in [6.45, 7) is 0. The van der Waals surface area contributed by atoms with Gasteiger partial charge in [0, 0.05) is 23.4 Å². The third kappa shape index (κ3) is 3.15. The summed E-state index contributed by atoms with van der Waals surface area (Å²) in [5.74, 6) is 0.0358. The number of ether oxygens (including phenoxy) is 1. The van der Waals surface area contributed by atoms with Gasteiger partial charge in [0.15, 0.2) is 5.78 Å². The Bertz CT molecular complexity index is 1060. The van der Waals surface area contributed by atoms with Crippen LogP contribution in [0.25, 0.3) is 0 Å². The van der Waals surface area contributed by atoms with E-state index in [1.54, 1.807) is 24.1 Å². The number of nitriles is 1. The van der Waals surface area contributed by atoms with Crippen molar-refractivity contribution < 1.29 is 13.9 Å². The Kier molecular flexibility index (Phi) is 4.81. The lowest BCUT2D eigenvalue weighted by Gasteiger charge is -2.39. The van der Waals surface area contributed by atoms with Gasteiger partial charge in [-0.25, -0.2) is 4.39 Å². The minimum absolute atomic E-state index is 0.000614.